The van der Waals surface area contributed by atoms with Crippen molar-refractivity contribution in [1.82, 2.24) is 5.06 Å². The Kier molecular flexibility index (Phi) is 2.71. The van der Waals surface area contributed by atoms with Gasteiger partial charge in [0.2, 0.25) is 0 Å². The summed E-state index contributed by atoms with van der Waals surface area (Å²) >= 11 is 2.65. The van der Waals surface area contributed by atoms with E-state index in [0.29, 0.717) is 6.54 Å². The van der Waals surface area contributed by atoms with Gasteiger partial charge in [-0.25, -0.2) is 0 Å². The second-order valence-electron chi connectivity index (χ2n) is 3.34. The molecule has 1 atom stereocenters. The van der Waals surface area contributed by atoms with Crippen molar-refractivity contribution in [1.29, 1.82) is 0 Å². The van der Waals surface area contributed by atoms with Gasteiger partial charge >= 0.3 is 0 Å². The summed E-state index contributed by atoms with van der Waals surface area (Å²) in [5, 5.41) is 13.5. The van der Waals surface area contributed by atoms with Crippen LogP contribution < -0.4 is 0 Å². The molecule has 2 rings (SSSR count). The number of rotatable bonds is 1. The number of hydrogen-bond acceptors (Lipinski definition) is 2. The van der Waals surface area contributed by atoms with Gasteiger partial charge in [0.05, 0.1) is 0 Å². The van der Waals surface area contributed by atoms with Crippen LogP contribution in [0.1, 0.15) is 17.2 Å². The summed E-state index contributed by atoms with van der Waals surface area (Å²) in [5.74, 6) is 0. The minimum absolute atomic E-state index is 0.0509. The zero-order chi connectivity index (χ0) is 9.26. The maximum Gasteiger partial charge on any atom is 0.121 e. The van der Waals surface area contributed by atoms with E-state index in [1.165, 1.54) is 16.2 Å². The van der Waals surface area contributed by atoms with Crippen LogP contribution >= 0.6 is 0 Å². The number of hydroxylamine groups is 2. The third-order valence-corrected chi connectivity index (χ3v) is 3.03. The fourth-order valence-corrected chi connectivity index (χ4v) is 2.36. The molecule has 0 aliphatic carbocycles. The van der Waals surface area contributed by atoms with Crippen LogP contribution in [0.4, 0.5) is 0 Å². The van der Waals surface area contributed by atoms with Gasteiger partial charge in [-0.15, -0.1) is 0 Å². The quantitative estimate of drug-likeness (QED) is 0.626. The Morgan fingerprint density at radius 2 is 2.23 bits per heavy atom. The van der Waals surface area contributed by atoms with Gasteiger partial charge in [0.1, 0.15) is 16.3 Å². The Morgan fingerprint density at radius 3 is 3.00 bits per heavy atom. The lowest BCUT2D eigenvalue weighted by Crippen LogP contribution is -2.30. The molecule has 0 aromatic heterocycles. The molecule has 0 N–H and O–H groups in total. The highest BCUT2D eigenvalue weighted by Crippen LogP contribution is 2.30. The second-order valence-corrected chi connectivity index (χ2v) is 3.81. The third kappa shape index (κ3) is 1.66. The summed E-state index contributed by atoms with van der Waals surface area (Å²) in [6, 6.07) is 8.28. The normalized spacial score (nSPS) is 22.7. The summed E-state index contributed by atoms with van der Waals surface area (Å²) < 4.78 is 0. The molecule has 1 unspecified atom stereocenters. The molecule has 0 bridgehead atoms. The molecule has 1 aliphatic rings. The summed E-state index contributed by atoms with van der Waals surface area (Å²) in [7, 11) is 0. The van der Waals surface area contributed by atoms with Crippen LogP contribution in [0.25, 0.3) is 0 Å². The van der Waals surface area contributed by atoms with Crippen LogP contribution in [-0.2, 0) is 6.42 Å². The fourth-order valence-electron chi connectivity index (χ4n) is 1.87. The molecule has 0 saturated carbocycles. The van der Waals surface area contributed by atoms with E-state index in [9.17, 15) is 5.21 Å². The zero-order valence-corrected chi connectivity index (χ0v) is 8.60. The molecule has 1 aromatic carbocycles. The van der Waals surface area contributed by atoms with Crippen molar-refractivity contribution in [3.63, 3.8) is 0 Å². The lowest BCUT2D eigenvalue weighted by Gasteiger charge is -2.42. The van der Waals surface area contributed by atoms with E-state index in [1.54, 1.807) is 0 Å². The molecule has 0 saturated heterocycles. The van der Waals surface area contributed by atoms with E-state index in [0.717, 1.165) is 11.7 Å². The first-order chi connectivity index (χ1) is 6.33. The second kappa shape index (κ2) is 3.81. The van der Waals surface area contributed by atoms with Gasteiger partial charge in [0.25, 0.3) is 0 Å². The van der Waals surface area contributed by atoms with Crippen molar-refractivity contribution in [2.75, 3.05) is 6.54 Å². The number of nitrogens with zero attached hydrogens (tertiary/aromatic N) is 1. The van der Waals surface area contributed by atoms with Crippen molar-refractivity contribution in [3.8, 4) is 0 Å². The summed E-state index contributed by atoms with van der Waals surface area (Å²) in [6.07, 6.45) is 0.890. The Hall–Kier alpha value is -0.328. The van der Waals surface area contributed by atoms with Crippen LogP contribution in [0, 0.1) is 5.21 Å². The smallest absolute Gasteiger partial charge is 0.121 e. The maximum atomic E-state index is 11.5. The predicted octanol–water partition coefficient (Wildman–Crippen LogP) is 1.67. The highest BCUT2D eigenvalue weighted by molar-refractivity contribution is 6.09. The molecule has 2 radical (unpaired) electrons. The van der Waals surface area contributed by atoms with E-state index >= 15 is 0 Å². The molecule has 0 amide bonds. The summed E-state index contributed by atoms with van der Waals surface area (Å²) in [6.45, 7) is 0.635. The van der Waals surface area contributed by atoms with Crippen LogP contribution in [0.3, 0.4) is 0 Å². The van der Waals surface area contributed by atoms with Crippen LogP contribution in [0.15, 0.2) is 24.3 Å². The summed E-state index contributed by atoms with van der Waals surface area (Å²) in [5.41, 5.74) is 2.54. The first-order valence-electron chi connectivity index (χ1n) is 4.54. The average Bonchev–Trinajstić information content (AvgIpc) is 2.18. The van der Waals surface area contributed by atoms with Gasteiger partial charge in [-0.2, -0.15) is 0 Å². The predicted molar refractivity (Wildman–Crippen MR) is 53.5 cm³/mol. The number of hydrogen-bond donors (Lipinski definition) is 0. The van der Waals surface area contributed by atoms with Crippen molar-refractivity contribution in [2.24, 2.45) is 0 Å². The average molecular weight is 188 g/mol. The number of fused-ring (bicyclic) bond motifs is 1. The topological polar surface area (TPSA) is 26.3 Å². The molecule has 0 fully saturated rings. The number of benzene rings is 1. The first-order valence-corrected chi connectivity index (χ1v) is 5.36. The molecule has 66 valence electrons. The molecule has 1 heterocycles. The molecular formula is C10H11AlNO-. The van der Waals surface area contributed by atoms with Gasteiger partial charge in [-0.3, -0.25) is 0 Å². The molecule has 13 heavy (non-hydrogen) atoms. The van der Waals surface area contributed by atoms with Crippen LogP contribution in [0.2, 0.25) is 5.28 Å². The molecule has 3 heteroatoms. The SMILES string of the molecule is [O-]N1CCc2ccccc2C1[CH2][Al]. The fraction of sp³-hybridized carbons (Fsp3) is 0.400. The van der Waals surface area contributed by atoms with Gasteiger partial charge in [0.15, 0.2) is 0 Å². The van der Waals surface area contributed by atoms with Crippen molar-refractivity contribution < 1.29 is 0 Å². The Bertz CT molecular complexity index is 303. The van der Waals surface area contributed by atoms with Crippen molar-refractivity contribution >= 4 is 16.3 Å². The molecule has 1 aromatic rings. The van der Waals surface area contributed by atoms with E-state index in [-0.39, 0.29) is 6.04 Å². The van der Waals surface area contributed by atoms with E-state index in [1.807, 2.05) is 12.1 Å². The largest absolute Gasteiger partial charge is 0.785 e. The van der Waals surface area contributed by atoms with Crippen molar-refractivity contribution in [3.05, 3.63) is 40.6 Å². The zero-order valence-electron chi connectivity index (χ0n) is 7.44. The Balaban J connectivity index is 2.39. The molecule has 1 aliphatic heterocycles. The highest BCUT2D eigenvalue weighted by Gasteiger charge is 2.18. The Labute approximate surface area is 86.6 Å². The van der Waals surface area contributed by atoms with Gasteiger partial charge in [-0.1, -0.05) is 29.5 Å². The van der Waals surface area contributed by atoms with Crippen molar-refractivity contribution in [2.45, 2.75) is 17.7 Å². The first kappa shape index (κ1) is 9.24. The van der Waals surface area contributed by atoms with Gasteiger partial charge < -0.3 is 10.3 Å². The molecular weight excluding hydrogens is 177 g/mol. The molecule has 0 spiro atoms. The Morgan fingerprint density at radius 1 is 1.46 bits per heavy atom. The third-order valence-electron chi connectivity index (χ3n) is 2.59. The van der Waals surface area contributed by atoms with E-state index in [2.05, 4.69) is 28.4 Å². The van der Waals surface area contributed by atoms with Gasteiger partial charge in [0, 0.05) is 6.04 Å². The minimum Gasteiger partial charge on any atom is -0.785 e. The lowest BCUT2D eigenvalue weighted by molar-refractivity contribution is 0.284. The highest BCUT2D eigenvalue weighted by atomic mass is 27.0. The van der Waals surface area contributed by atoms with E-state index in [4.69, 9.17) is 0 Å². The standard InChI is InChI=1S/C10H11NO.Al/c1-8-10-5-3-2-4-9(10)6-7-11(8)12;/h2-5,8H,1,6-7H2;/q-1;. The minimum atomic E-state index is 0.0509. The maximum absolute atomic E-state index is 11.5. The monoisotopic (exact) mass is 188 g/mol. The van der Waals surface area contributed by atoms with Gasteiger partial charge in [-0.05, 0) is 24.1 Å². The summed E-state index contributed by atoms with van der Waals surface area (Å²) in [4.78, 5) is 0. The van der Waals surface area contributed by atoms with E-state index < -0.39 is 0 Å². The molecule has 2 nitrogen and oxygen atoms in total. The van der Waals surface area contributed by atoms with Crippen LogP contribution in [0.5, 0.6) is 0 Å². The lowest BCUT2D eigenvalue weighted by atomic mass is 9.95. The van der Waals surface area contributed by atoms with Crippen LogP contribution in [-0.4, -0.2) is 27.9 Å².